The van der Waals surface area contributed by atoms with Gasteiger partial charge in [-0.1, -0.05) is 23.2 Å². The molecule has 0 aliphatic rings. The number of nitrogens with one attached hydrogen (secondary N) is 2. The minimum Gasteiger partial charge on any atom is -0.382 e. The van der Waals surface area contributed by atoms with Crippen molar-refractivity contribution in [1.29, 1.82) is 0 Å². The van der Waals surface area contributed by atoms with Gasteiger partial charge in [0.1, 0.15) is 0 Å². The average molecular weight is 275 g/mol. The van der Waals surface area contributed by atoms with Crippen molar-refractivity contribution in [3.8, 4) is 0 Å². The number of anilines is 1. The van der Waals surface area contributed by atoms with Crippen LogP contribution in [0.3, 0.4) is 0 Å². The molecule has 0 spiro atoms. The fraction of sp³-hybridized carbons (Fsp3) is 0.417. The SMILES string of the molecule is CNC(=O)Cc1c(Cl)ccc(NC(C)C)c1Cl. The maximum absolute atomic E-state index is 11.4. The standard InChI is InChI=1S/C12H16Cl2N2O/c1-7(2)16-10-5-4-9(13)8(12(10)14)6-11(17)15-3/h4-5,7,16H,6H2,1-3H3,(H,15,17). The molecule has 1 aromatic rings. The van der Waals surface area contributed by atoms with Gasteiger partial charge in [-0.05, 0) is 26.0 Å². The number of halogens is 2. The zero-order chi connectivity index (χ0) is 13.0. The predicted octanol–water partition coefficient (Wildman–Crippen LogP) is 3.10. The van der Waals surface area contributed by atoms with Gasteiger partial charge in [0.05, 0.1) is 17.1 Å². The van der Waals surface area contributed by atoms with E-state index in [0.29, 0.717) is 15.6 Å². The summed E-state index contributed by atoms with van der Waals surface area (Å²) in [7, 11) is 1.58. The highest BCUT2D eigenvalue weighted by Gasteiger charge is 2.14. The summed E-state index contributed by atoms with van der Waals surface area (Å²) in [4.78, 5) is 11.4. The Bertz CT molecular complexity index is 419. The van der Waals surface area contributed by atoms with E-state index >= 15 is 0 Å². The molecule has 17 heavy (non-hydrogen) atoms. The highest BCUT2D eigenvalue weighted by Crippen LogP contribution is 2.32. The van der Waals surface area contributed by atoms with Crippen molar-refractivity contribution in [2.75, 3.05) is 12.4 Å². The van der Waals surface area contributed by atoms with Crippen LogP contribution in [0.2, 0.25) is 10.0 Å². The molecule has 1 amide bonds. The monoisotopic (exact) mass is 274 g/mol. The molecule has 0 aliphatic carbocycles. The fourth-order valence-corrected chi connectivity index (χ4v) is 1.99. The third-order valence-corrected chi connectivity index (χ3v) is 3.03. The topological polar surface area (TPSA) is 41.1 Å². The Kier molecular flexibility index (Phi) is 5.09. The number of amides is 1. The first kappa shape index (κ1) is 14.1. The zero-order valence-electron chi connectivity index (χ0n) is 10.1. The van der Waals surface area contributed by atoms with Gasteiger partial charge >= 0.3 is 0 Å². The molecule has 94 valence electrons. The number of rotatable bonds is 4. The second kappa shape index (κ2) is 6.12. The number of carbonyl (C=O) groups is 1. The van der Waals surface area contributed by atoms with Crippen LogP contribution in [0.5, 0.6) is 0 Å². The molecule has 3 nitrogen and oxygen atoms in total. The molecule has 0 bridgehead atoms. The van der Waals surface area contributed by atoms with Gasteiger partial charge in [-0.15, -0.1) is 0 Å². The Morgan fingerprint density at radius 1 is 1.35 bits per heavy atom. The van der Waals surface area contributed by atoms with Crippen molar-refractivity contribution in [1.82, 2.24) is 5.32 Å². The largest absolute Gasteiger partial charge is 0.382 e. The van der Waals surface area contributed by atoms with Gasteiger partial charge in [0.15, 0.2) is 0 Å². The molecule has 5 heteroatoms. The lowest BCUT2D eigenvalue weighted by Crippen LogP contribution is -2.20. The molecular weight excluding hydrogens is 259 g/mol. The molecule has 1 rings (SSSR count). The Balaban J connectivity index is 3.06. The van der Waals surface area contributed by atoms with E-state index in [9.17, 15) is 4.79 Å². The minimum absolute atomic E-state index is 0.115. The van der Waals surface area contributed by atoms with E-state index in [2.05, 4.69) is 10.6 Å². The molecule has 2 N–H and O–H groups in total. The van der Waals surface area contributed by atoms with Gasteiger partial charge in [0.2, 0.25) is 5.91 Å². The van der Waals surface area contributed by atoms with Crippen molar-refractivity contribution in [2.45, 2.75) is 26.3 Å². The van der Waals surface area contributed by atoms with E-state index in [1.54, 1.807) is 13.1 Å². The van der Waals surface area contributed by atoms with E-state index < -0.39 is 0 Å². The summed E-state index contributed by atoms with van der Waals surface area (Å²) in [5.74, 6) is -0.115. The van der Waals surface area contributed by atoms with Crippen LogP contribution >= 0.6 is 23.2 Å². The number of likely N-dealkylation sites (N-methyl/N-ethyl adjacent to an activating group) is 1. The number of benzene rings is 1. The van der Waals surface area contributed by atoms with Crippen molar-refractivity contribution >= 4 is 34.8 Å². The van der Waals surface area contributed by atoms with Crippen LogP contribution in [-0.2, 0) is 11.2 Å². The summed E-state index contributed by atoms with van der Waals surface area (Å²) in [6.45, 7) is 4.03. The minimum atomic E-state index is -0.115. The van der Waals surface area contributed by atoms with Crippen LogP contribution in [0.25, 0.3) is 0 Å². The average Bonchev–Trinajstić information content (AvgIpc) is 2.27. The Morgan fingerprint density at radius 3 is 2.53 bits per heavy atom. The first-order valence-electron chi connectivity index (χ1n) is 5.39. The molecule has 0 radical (unpaired) electrons. The second-order valence-corrected chi connectivity index (χ2v) is 4.82. The molecule has 0 heterocycles. The van der Waals surface area contributed by atoms with Crippen molar-refractivity contribution in [3.63, 3.8) is 0 Å². The van der Waals surface area contributed by atoms with Gasteiger partial charge in [-0.3, -0.25) is 4.79 Å². The Labute approximate surface area is 111 Å². The lowest BCUT2D eigenvalue weighted by Gasteiger charge is -2.15. The summed E-state index contributed by atoms with van der Waals surface area (Å²) in [6, 6.07) is 3.83. The van der Waals surface area contributed by atoms with Crippen LogP contribution in [0.4, 0.5) is 5.69 Å². The van der Waals surface area contributed by atoms with E-state index in [-0.39, 0.29) is 18.4 Å². The highest BCUT2D eigenvalue weighted by atomic mass is 35.5. The van der Waals surface area contributed by atoms with Gasteiger partial charge in [0, 0.05) is 23.7 Å². The maximum atomic E-state index is 11.4. The summed E-state index contributed by atoms with van der Waals surface area (Å²) >= 11 is 12.3. The van der Waals surface area contributed by atoms with Gasteiger partial charge < -0.3 is 10.6 Å². The number of hydrogen-bond acceptors (Lipinski definition) is 2. The van der Waals surface area contributed by atoms with E-state index in [1.165, 1.54) is 0 Å². The molecule has 0 atom stereocenters. The van der Waals surface area contributed by atoms with E-state index in [0.717, 1.165) is 5.69 Å². The summed E-state index contributed by atoms with van der Waals surface area (Å²) in [5, 5.41) is 6.78. The maximum Gasteiger partial charge on any atom is 0.224 e. The van der Waals surface area contributed by atoms with Crippen LogP contribution in [0.1, 0.15) is 19.4 Å². The summed E-state index contributed by atoms with van der Waals surface area (Å²) < 4.78 is 0. The second-order valence-electron chi connectivity index (χ2n) is 4.04. The third-order valence-electron chi connectivity index (χ3n) is 2.25. The molecule has 1 aromatic carbocycles. The molecule has 0 saturated heterocycles. The third kappa shape index (κ3) is 3.79. The summed E-state index contributed by atoms with van der Waals surface area (Å²) in [5.41, 5.74) is 1.45. The van der Waals surface area contributed by atoms with Gasteiger partial charge in [0.25, 0.3) is 0 Å². The van der Waals surface area contributed by atoms with Crippen molar-refractivity contribution in [3.05, 3.63) is 27.7 Å². The lowest BCUT2D eigenvalue weighted by atomic mass is 10.1. The van der Waals surface area contributed by atoms with E-state index in [1.807, 2.05) is 19.9 Å². The molecule has 0 saturated carbocycles. The van der Waals surface area contributed by atoms with Crippen LogP contribution in [0.15, 0.2) is 12.1 Å². The molecular formula is C12H16Cl2N2O. The predicted molar refractivity (Wildman–Crippen MR) is 73.0 cm³/mol. The number of carbonyl (C=O) groups excluding carboxylic acids is 1. The molecule has 0 fully saturated rings. The molecule has 0 unspecified atom stereocenters. The first-order chi connectivity index (χ1) is 7.95. The molecule has 0 aliphatic heterocycles. The van der Waals surface area contributed by atoms with Crippen LogP contribution in [-0.4, -0.2) is 19.0 Å². The lowest BCUT2D eigenvalue weighted by molar-refractivity contribution is -0.119. The van der Waals surface area contributed by atoms with Crippen molar-refractivity contribution < 1.29 is 4.79 Å². The number of hydrogen-bond donors (Lipinski definition) is 2. The van der Waals surface area contributed by atoms with E-state index in [4.69, 9.17) is 23.2 Å². The normalized spacial score (nSPS) is 10.5. The smallest absolute Gasteiger partial charge is 0.224 e. The first-order valence-corrected chi connectivity index (χ1v) is 6.15. The van der Waals surface area contributed by atoms with Crippen LogP contribution in [0, 0.1) is 0 Å². The van der Waals surface area contributed by atoms with Gasteiger partial charge in [-0.2, -0.15) is 0 Å². The summed E-state index contributed by atoms with van der Waals surface area (Å²) in [6.07, 6.45) is 0.182. The van der Waals surface area contributed by atoms with Crippen LogP contribution < -0.4 is 10.6 Å². The molecule has 0 aromatic heterocycles. The quantitative estimate of drug-likeness (QED) is 0.886. The fourth-order valence-electron chi connectivity index (χ4n) is 1.43. The Hall–Kier alpha value is -0.930. The highest BCUT2D eigenvalue weighted by molar-refractivity contribution is 6.38. The van der Waals surface area contributed by atoms with Gasteiger partial charge in [-0.25, -0.2) is 0 Å². The zero-order valence-corrected chi connectivity index (χ0v) is 11.6. The van der Waals surface area contributed by atoms with Crippen molar-refractivity contribution in [2.24, 2.45) is 0 Å². The Morgan fingerprint density at radius 2 is 2.00 bits per heavy atom.